The van der Waals surface area contributed by atoms with Gasteiger partial charge in [0.2, 0.25) is 5.91 Å². The Labute approximate surface area is 152 Å². The second-order valence-corrected chi connectivity index (χ2v) is 6.25. The average Bonchev–Trinajstić information content (AvgIpc) is 2.84. The largest absolute Gasteiger partial charge is 0.491 e. The third-order valence-electron chi connectivity index (χ3n) is 4.28. The fourth-order valence-electron chi connectivity index (χ4n) is 2.74. The topological polar surface area (TPSA) is 74.8 Å². The van der Waals surface area contributed by atoms with Crippen molar-refractivity contribution in [2.24, 2.45) is 0 Å². The van der Waals surface area contributed by atoms with Crippen LogP contribution in [0.25, 0.3) is 0 Å². The Morgan fingerprint density at radius 2 is 2.04 bits per heavy atom. The van der Waals surface area contributed by atoms with Crippen LogP contribution in [0.2, 0.25) is 0 Å². The van der Waals surface area contributed by atoms with Gasteiger partial charge in [0.1, 0.15) is 12.4 Å². The molecule has 3 rings (SSSR count). The number of nitrogens with one attached hydrogen (secondary N) is 1. The first-order chi connectivity index (χ1) is 12.5. The fourth-order valence-corrected chi connectivity index (χ4v) is 2.74. The lowest BCUT2D eigenvalue weighted by atomic mass is 10.1. The molecule has 0 bridgehead atoms. The molecule has 136 valence electrons. The van der Waals surface area contributed by atoms with Gasteiger partial charge in [0.05, 0.1) is 13.1 Å². The molecule has 0 saturated heterocycles. The number of aromatic nitrogens is 1. The maximum absolute atomic E-state index is 12.6. The van der Waals surface area contributed by atoms with E-state index in [4.69, 9.17) is 4.74 Å². The lowest BCUT2D eigenvalue weighted by Crippen LogP contribution is -2.36. The summed E-state index contributed by atoms with van der Waals surface area (Å²) in [7, 11) is 1.76. The summed E-state index contributed by atoms with van der Waals surface area (Å²) >= 11 is 0. The normalized spacial score (nSPS) is 13.2. The van der Waals surface area contributed by atoms with Gasteiger partial charge < -0.3 is 19.9 Å². The lowest BCUT2D eigenvalue weighted by molar-refractivity contribution is -0.128. The van der Waals surface area contributed by atoms with E-state index in [1.165, 1.54) is 6.92 Å². The van der Waals surface area contributed by atoms with Gasteiger partial charge in [-0.25, -0.2) is 4.79 Å². The van der Waals surface area contributed by atoms with Gasteiger partial charge in [-0.2, -0.15) is 0 Å². The van der Waals surface area contributed by atoms with Gasteiger partial charge in [-0.3, -0.25) is 9.78 Å². The van der Waals surface area contributed by atoms with Crippen molar-refractivity contribution in [3.05, 3.63) is 53.9 Å². The summed E-state index contributed by atoms with van der Waals surface area (Å²) in [5.41, 5.74) is 2.63. The molecule has 0 fully saturated rings. The van der Waals surface area contributed by atoms with Crippen LogP contribution in [0.4, 0.5) is 10.5 Å². The number of hydrogen-bond acceptors (Lipinski definition) is 4. The maximum atomic E-state index is 12.6. The van der Waals surface area contributed by atoms with Crippen molar-refractivity contribution in [2.75, 3.05) is 25.5 Å². The van der Waals surface area contributed by atoms with Crippen molar-refractivity contribution in [3.8, 4) is 5.75 Å². The quantitative estimate of drug-likeness (QED) is 0.919. The molecule has 1 aromatic heterocycles. The highest BCUT2D eigenvalue weighted by atomic mass is 16.5. The lowest BCUT2D eigenvalue weighted by Gasteiger charge is -2.21. The molecule has 7 heteroatoms. The Kier molecular flexibility index (Phi) is 5.36. The monoisotopic (exact) mass is 354 g/mol. The fraction of sp³-hybridized carbons (Fsp3) is 0.316. The zero-order valence-corrected chi connectivity index (χ0v) is 14.9. The summed E-state index contributed by atoms with van der Waals surface area (Å²) in [5, 5.41) is 2.87. The molecule has 0 saturated carbocycles. The molecular formula is C19H22N4O3. The second kappa shape index (κ2) is 7.86. The first-order valence-corrected chi connectivity index (χ1v) is 8.45. The highest BCUT2D eigenvalue weighted by Gasteiger charge is 2.20. The third kappa shape index (κ3) is 4.30. The second-order valence-electron chi connectivity index (χ2n) is 6.25. The van der Waals surface area contributed by atoms with Gasteiger partial charge in [0.15, 0.2) is 0 Å². The highest BCUT2D eigenvalue weighted by molar-refractivity contribution is 5.89. The summed E-state index contributed by atoms with van der Waals surface area (Å²) in [6, 6.07) is 9.16. The van der Waals surface area contributed by atoms with Crippen LogP contribution in [0.5, 0.6) is 5.75 Å². The number of amides is 3. The highest BCUT2D eigenvalue weighted by Crippen LogP contribution is 2.25. The minimum absolute atomic E-state index is 0.00884. The minimum atomic E-state index is -0.182. The third-order valence-corrected chi connectivity index (χ3v) is 4.28. The molecule has 1 N–H and O–H groups in total. The van der Waals surface area contributed by atoms with Gasteiger partial charge in [0.25, 0.3) is 0 Å². The van der Waals surface area contributed by atoms with Crippen LogP contribution in [0, 0.1) is 0 Å². The SMILES string of the molecule is CC(=O)N(C)Cc1ccc2c(c1)CN(C(=O)Nc1ccncc1)CCO2. The number of urea groups is 1. The van der Waals surface area contributed by atoms with E-state index in [2.05, 4.69) is 10.3 Å². The van der Waals surface area contributed by atoms with Crippen molar-refractivity contribution in [2.45, 2.75) is 20.0 Å². The van der Waals surface area contributed by atoms with Crippen LogP contribution < -0.4 is 10.1 Å². The number of benzene rings is 1. The molecule has 0 spiro atoms. The van der Waals surface area contributed by atoms with Gasteiger partial charge in [-0.1, -0.05) is 6.07 Å². The minimum Gasteiger partial charge on any atom is -0.491 e. The van der Waals surface area contributed by atoms with Crippen LogP contribution >= 0.6 is 0 Å². The van der Waals surface area contributed by atoms with Gasteiger partial charge in [-0.15, -0.1) is 0 Å². The molecule has 0 radical (unpaired) electrons. The van der Waals surface area contributed by atoms with Crippen molar-refractivity contribution >= 4 is 17.6 Å². The van der Waals surface area contributed by atoms with E-state index in [-0.39, 0.29) is 11.9 Å². The van der Waals surface area contributed by atoms with Gasteiger partial charge >= 0.3 is 6.03 Å². The predicted octanol–water partition coefficient (Wildman–Crippen LogP) is 2.49. The molecule has 0 aliphatic carbocycles. The summed E-state index contributed by atoms with van der Waals surface area (Å²) < 4.78 is 5.77. The van der Waals surface area contributed by atoms with E-state index in [0.717, 1.165) is 16.9 Å². The Morgan fingerprint density at radius 3 is 2.77 bits per heavy atom. The van der Waals surface area contributed by atoms with Crippen molar-refractivity contribution in [3.63, 3.8) is 0 Å². The molecule has 3 amide bonds. The molecule has 7 nitrogen and oxygen atoms in total. The molecule has 1 aliphatic heterocycles. The van der Waals surface area contributed by atoms with Crippen LogP contribution in [0.3, 0.4) is 0 Å². The summed E-state index contributed by atoms with van der Waals surface area (Å²) in [5.74, 6) is 0.785. The summed E-state index contributed by atoms with van der Waals surface area (Å²) in [6.07, 6.45) is 3.27. The Morgan fingerprint density at radius 1 is 1.27 bits per heavy atom. The smallest absolute Gasteiger partial charge is 0.322 e. The molecule has 1 aromatic carbocycles. The Hall–Kier alpha value is -3.09. The van der Waals surface area contributed by atoms with Gasteiger partial charge in [-0.05, 0) is 29.8 Å². The zero-order valence-electron chi connectivity index (χ0n) is 14.9. The predicted molar refractivity (Wildman–Crippen MR) is 97.8 cm³/mol. The van der Waals surface area contributed by atoms with E-state index in [1.54, 1.807) is 41.4 Å². The molecule has 2 aromatic rings. The van der Waals surface area contributed by atoms with Gasteiger partial charge in [0, 0.05) is 44.2 Å². The number of pyridine rings is 1. The van der Waals surface area contributed by atoms with E-state index in [1.807, 2.05) is 18.2 Å². The maximum Gasteiger partial charge on any atom is 0.322 e. The number of nitrogens with zero attached hydrogens (tertiary/aromatic N) is 3. The van der Waals surface area contributed by atoms with Crippen LogP contribution in [0.15, 0.2) is 42.7 Å². The van der Waals surface area contributed by atoms with E-state index in [0.29, 0.717) is 31.9 Å². The summed E-state index contributed by atoms with van der Waals surface area (Å²) in [6.45, 7) is 3.44. The number of carbonyl (C=O) groups excluding carboxylic acids is 2. The molecule has 26 heavy (non-hydrogen) atoms. The Balaban J connectivity index is 1.73. The number of fused-ring (bicyclic) bond motifs is 1. The molecule has 1 aliphatic rings. The number of hydrogen-bond donors (Lipinski definition) is 1. The van der Waals surface area contributed by atoms with Crippen LogP contribution in [-0.2, 0) is 17.9 Å². The van der Waals surface area contributed by atoms with E-state index < -0.39 is 0 Å². The zero-order chi connectivity index (χ0) is 18.5. The number of carbonyl (C=O) groups is 2. The first-order valence-electron chi connectivity index (χ1n) is 8.45. The van der Waals surface area contributed by atoms with Crippen molar-refractivity contribution < 1.29 is 14.3 Å². The average molecular weight is 354 g/mol. The van der Waals surface area contributed by atoms with Crippen LogP contribution in [0.1, 0.15) is 18.1 Å². The summed E-state index contributed by atoms with van der Waals surface area (Å²) in [4.78, 5) is 31.3. The number of anilines is 1. The van der Waals surface area contributed by atoms with E-state index >= 15 is 0 Å². The molecule has 0 unspecified atom stereocenters. The molecular weight excluding hydrogens is 332 g/mol. The van der Waals surface area contributed by atoms with E-state index in [9.17, 15) is 9.59 Å². The number of rotatable bonds is 3. The van der Waals surface area contributed by atoms with Crippen molar-refractivity contribution in [1.29, 1.82) is 0 Å². The molecule has 2 heterocycles. The molecule has 0 atom stereocenters. The van der Waals surface area contributed by atoms with Crippen molar-refractivity contribution in [1.82, 2.24) is 14.8 Å². The standard InChI is InChI=1S/C19H22N4O3/c1-14(24)22(2)12-15-3-4-18-16(11-15)13-23(9-10-26-18)19(25)21-17-5-7-20-8-6-17/h3-8,11H,9-10,12-13H2,1-2H3,(H,20,21,25). The van der Waals surface area contributed by atoms with Crippen LogP contribution in [-0.4, -0.2) is 46.9 Å². The first kappa shape index (κ1) is 17.7. The Bertz CT molecular complexity index is 795. The number of ether oxygens (including phenoxy) is 1.